The van der Waals surface area contributed by atoms with Gasteiger partial charge in [-0.1, -0.05) is 18.2 Å². The first kappa shape index (κ1) is 14.8. The second-order valence-electron chi connectivity index (χ2n) is 4.85. The molecule has 0 bridgehead atoms. The molecule has 2 rings (SSSR count). The molecule has 2 N–H and O–H groups in total. The number of ether oxygens (including phenoxy) is 1. The van der Waals surface area contributed by atoms with Gasteiger partial charge in [-0.05, 0) is 43.5 Å². The lowest BCUT2D eigenvalue weighted by Gasteiger charge is -2.09. The molecule has 0 radical (unpaired) electrons. The van der Waals surface area contributed by atoms with Crippen molar-refractivity contribution in [3.63, 3.8) is 0 Å². The third-order valence-corrected chi connectivity index (χ3v) is 3.27. The summed E-state index contributed by atoms with van der Waals surface area (Å²) in [4.78, 5) is 10.5. The molecule has 2 aromatic rings. The van der Waals surface area contributed by atoms with Gasteiger partial charge in [0.25, 0.3) is 5.69 Å². The molecule has 0 saturated carbocycles. The van der Waals surface area contributed by atoms with Gasteiger partial charge in [-0.2, -0.15) is 0 Å². The lowest BCUT2D eigenvalue weighted by molar-refractivity contribution is -0.385. The predicted molar refractivity (Wildman–Crippen MR) is 82.5 cm³/mol. The molecule has 0 aliphatic carbocycles. The average molecular weight is 286 g/mol. The van der Waals surface area contributed by atoms with E-state index >= 15 is 0 Å². The van der Waals surface area contributed by atoms with Gasteiger partial charge in [-0.15, -0.1) is 0 Å². The summed E-state index contributed by atoms with van der Waals surface area (Å²) in [6.45, 7) is 2.21. The standard InChI is InChI=1S/C16H18N2O3/c1-12-15(18(19)20)8-3-9-16(12)21-10-4-6-13-5-2-7-14(17)11-13/h2-3,5,7-9,11H,4,6,10,17H2,1H3. The van der Waals surface area contributed by atoms with Gasteiger partial charge in [0.2, 0.25) is 0 Å². The Labute approximate surface area is 123 Å². The zero-order chi connectivity index (χ0) is 15.2. The Bertz CT molecular complexity index is 641. The number of nitrogens with zero attached hydrogens (tertiary/aromatic N) is 1. The molecule has 5 heteroatoms. The molecule has 0 saturated heterocycles. The Hall–Kier alpha value is -2.56. The van der Waals surface area contributed by atoms with Crippen molar-refractivity contribution >= 4 is 11.4 Å². The van der Waals surface area contributed by atoms with Crippen LogP contribution < -0.4 is 10.5 Å². The Morgan fingerprint density at radius 3 is 2.71 bits per heavy atom. The highest BCUT2D eigenvalue weighted by atomic mass is 16.6. The number of nitrogens with two attached hydrogens (primary N) is 1. The number of hydrogen-bond donors (Lipinski definition) is 1. The maximum Gasteiger partial charge on any atom is 0.276 e. The molecule has 0 aromatic heterocycles. The van der Waals surface area contributed by atoms with E-state index in [1.165, 1.54) is 6.07 Å². The van der Waals surface area contributed by atoms with Crippen molar-refractivity contribution in [2.75, 3.05) is 12.3 Å². The number of rotatable bonds is 6. The van der Waals surface area contributed by atoms with Gasteiger partial charge in [0.1, 0.15) is 5.75 Å². The fraction of sp³-hybridized carbons (Fsp3) is 0.250. The molecule has 5 nitrogen and oxygen atoms in total. The van der Waals surface area contributed by atoms with Crippen LogP contribution in [0.25, 0.3) is 0 Å². The van der Waals surface area contributed by atoms with Crippen LogP contribution in [0.2, 0.25) is 0 Å². The molecule has 21 heavy (non-hydrogen) atoms. The van der Waals surface area contributed by atoms with E-state index in [0.717, 1.165) is 24.1 Å². The number of anilines is 1. The summed E-state index contributed by atoms with van der Waals surface area (Å²) in [5.41, 5.74) is 8.29. The molecule has 0 amide bonds. The monoisotopic (exact) mass is 286 g/mol. The summed E-state index contributed by atoms with van der Waals surface area (Å²) in [6, 6.07) is 12.6. The van der Waals surface area contributed by atoms with Crippen molar-refractivity contribution in [2.45, 2.75) is 19.8 Å². The first-order chi connectivity index (χ1) is 10.1. The minimum atomic E-state index is -0.394. The highest BCUT2D eigenvalue weighted by Crippen LogP contribution is 2.27. The summed E-state index contributed by atoms with van der Waals surface area (Å²) in [7, 11) is 0. The van der Waals surface area contributed by atoms with Crippen molar-refractivity contribution in [2.24, 2.45) is 0 Å². The third-order valence-electron chi connectivity index (χ3n) is 3.27. The summed E-state index contributed by atoms with van der Waals surface area (Å²) >= 11 is 0. The number of nitrogen functional groups attached to an aromatic ring is 1. The molecule has 0 aliphatic rings. The fourth-order valence-electron chi connectivity index (χ4n) is 2.16. The molecule has 110 valence electrons. The summed E-state index contributed by atoms with van der Waals surface area (Å²) in [5.74, 6) is 0.566. The maximum atomic E-state index is 10.9. The van der Waals surface area contributed by atoms with E-state index in [0.29, 0.717) is 17.9 Å². The number of nitro groups is 1. The molecule has 0 aliphatic heterocycles. The van der Waals surface area contributed by atoms with E-state index in [9.17, 15) is 10.1 Å². The highest BCUT2D eigenvalue weighted by molar-refractivity contribution is 5.48. The van der Waals surface area contributed by atoms with Crippen molar-refractivity contribution in [3.8, 4) is 5.75 Å². The van der Waals surface area contributed by atoms with Gasteiger partial charge >= 0.3 is 0 Å². The Morgan fingerprint density at radius 2 is 2.00 bits per heavy atom. The van der Waals surface area contributed by atoms with Crippen LogP contribution in [-0.2, 0) is 6.42 Å². The molecule has 0 spiro atoms. The topological polar surface area (TPSA) is 78.4 Å². The SMILES string of the molecule is Cc1c(OCCCc2cccc(N)c2)cccc1[N+](=O)[O-]. The normalized spacial score (nSPS) is 10.3. The number of benzene rings is 2. The molecule has 2 aromatic carbocycles. The maximum absolute atomic E-state index is 10.9. The second kappa shape index (κ2) is 6.74. The van der Waals surface area contributed by atoms with Gasteiger partial charge in [-0.3, -0.25) is 10.1 Å². The van der Waals surface area contributed by atoms with Crippen LogP contribution in [-0.4, -0.2) is 11.5 Å². The van der Waals surface area contributed by atoms with Crippen LogP contribution >= 0.6 is 0 Å². The van der Waals surface area contributed by atoms with Crippen LogP contribution in [0.1, 0.15) is 17.5 Å². The highest BCUT2D eigenvalue weighted by Gasteiger charge is 2.13. The second-order valence-corrected chi connectivity index (χ2v) is 4.85. The summed E-state index contributed by atoms with van der Waals surface area (Å²) in [6.07, 6.45) is 1.69. The minimum absolute atomic E-state index is 0.0864. The average Bonchev–Trinajstić information content (AvgIpc) is 2.45. The fourth-order valence-corrected chi connectivity index (χ4v) is 2.16. The van der Waals surface area contributed by atoms with Gasteiger partial charge in [0.15, 0.2) is 0 Å². The summed E-state index contributed by atoms with van der Waals surface area (Å²) in [5, 5.41) is 10.9. The molecule has 0 unspecified atom stereocenters. The number of nitro benzene ring substituents is 1. The quantitative estimate of drug-likeness (QED) is 0.381. The van der Waals surface area contributed by atoms with Crippen molar-refractivity contribution in [1.82, 2.24) is 0 Å². The van der Waals surface area contributed by atoms with E-state index in [1.54, 1.807) is 19.1 Å². The largest absolute Gasteiger partial charge is 0.493 e. The number of aryl methyl sites for hydroxylation is 1. The Morgan fingerprint density at radius 1 is 1.24 bits per heavy atom. The molecular formula is C16H18N2O3. The minimum Gasteiger partial charge on any atom is -0.493 e. The zero-order valence-electron chi connectivity index (χ0n) is 11.9. The van der Waals surface area contributed by atoms with E-state index < -0.39 is 4.92 Å². The first-order valence-electron chi connectivity index (χ1n) is 6.79. The lowest BCUT2D eigenvalue weighted by atomic mass is 10.1. The lowest BCUT2D eigenvalue weighted by Crippen LogP contribution is -2.02. The van der Waals surface area contributed by atoms with Gasteiger partial charge in [0.05, 0.1) is 17.1 Å². The van der Waals surface area contributed by atoms with E-state index in [-0.39, 0.29) is 5.69 Å². The van der Waals surface area contributed by atoms with Crippen molar-refractivity contribution in [1.29, 1.82) is 0 Å². The first-order valence-corrected chi connectivity index (χ1v) is 6.79. The predicted octanol–water partition coefficient (Wildman–Crippen LogP) is 3.50. The Balaban J connectivity index is 1.89. The van der Waals surface area contributed by atoms with E-state index in [4.69, 9.17) is 10.5 Å². The van der Waals surface area contributed by atoms with Crippen LogP contribution in [0.4, 0.5) is 11.4 Å². The molecule has 0 fully saturated rings. The van der Waals surface area contributed by atoms with Crippen LogP contribution in [0.5, 0.6) is 5.75 Å². The van der Waals surface area contributed by atoms with E-state index in [1.807, 2.05) is 24.3 Å². The van der Waals surface area contributed by atoms with Gasteiger partial charge < -0.3 is 10.5 Å². The molecule has 0 atom stereocenters. The van der Waals surface area contributed by atoms with E-state index in [2.05, 4.69) is 0 Å². The number of hydrogen-bond acceptors (Lipinski definition) is 4. The van der Waals surface area contributed by atoms with Crippen molar-refractivity contribution < 1.29 is 9.66 Å². The van der Waals surface area contributed by atoms with Crippen molar-refractivity contribution in [3.05, 3.63) is 63.7 Å². The summed E-state index contributed by atoms with van der Waals surface area (Å²) < 4.78 is 5.64. The third kappa shape index (κ3) is 3.95. The van der Waals surface area contributed by atoms with Gasteiger partial charge in [-0.25, -0.2) is 0 Å². The Kier molecular flexibility index (Phi) is 4.77. The molecular weight excluding hydrogens is 268 g/mol. The van der Waals surface area contributed by atoms with Crippen LogP contribution in [0, 0.1) is 17.0 Å². The van der Waals surface area contributed by atoms with Crippen LogP contribution in [0.15, 0.2) is 42.5 Å². The smallest absolute Gasteiger partial charge is 0.276 e. The zero-order valence-corrected chi connectivity index (χ0v) is 11.9. The van der Waals surface area contributed by atoms with Gasteiger partial charge in [0, 0.05) is 11.8 Å². The molecule has 0 heterocycles. The van der Waals surface area contributed by atoms with Crippen LogP contribution in [0.3, 0.4) is 0 Å².